The van der Waals surface area contributed by atoms with Crippen LogP contribution in [0.4, 0.5) is 11.4 Å². The zero-order valence-electron chi connectivity index (χ0n) is 9.93. The molecule has 0 unspecified atom stereocenters. The fraction of sp³-hybridized carbons (Fsp3) is 0.0667. The molecule has 0 radical (unpaired) electrons. The Bertz CT molecular complexity index is 621. The number of rotatable bonds is 1. The maximum atomic E-state index is 6.05. The molecule has 0 spiro atoms. The van der Waals surface area contributed by atoms with Gasteiger partial charge in [-0.1, -0.05) is 29.8 Å². The lowest BCUT2D eigenvalue weighted by molar-refractivity contribution is 0.419. The van der Waals surface area contributed by atoms with Crippen LogP contribution in [0, 0.1) is 0 Å². The van der Waals surface area contributed by atoms with E-state index in [2.05, 4.69) is 4.90 Å². The van der Waals surface area contributed by atoms with Gasteiger partial charge < -0.3 is 9.64 Å². The minimum absolute atomic E-state index is 0.725. The standard InChI is InChI=1S/C15H12ClNO/c1-11-10-17(13-6-4-5-12(16)9-13)14-7-2-3-8-15(14)18-11/h2-10H,1H3. The summed E-state index contributed by atoms with van der Waals surface area (Å²) in [4.78, 5) is 2.08. The first kappa shape index (κ1) is 11.2. The van der Waals surface area contributed by atoms with E-state index in [1.54, 1.807) is 0 Å². The molecule has 1 heterocycles. The van der Waals surface area contributed by atoms with Crippen LogP contribution in [0.3, 0.4) is 0 Å². The molecule has 18 heavy (non-hydrogen) atoms. The second kappa shape index (κ2) is 4.39. The molecule has 1 aliphatic heterocycles. The smallest absolute Gasteiger partial charge is 0.150 e. The molecule has 0 saturated carbocycles. The van der Waals surface area contributed by atoms with E-state index in [4.69, 9.17) is 16.3 Å². The Morgan fingerprint density at radius 1 is 1.06 bits per heavy atom. The van der Waals surface area contributed by atoms with Crippen LogP contribution in [0.5, 0.6) is 5.75 Å². The molecule has 0 N–H and O–H groups in total. The fourth-order valence-corrected chi connectivity index (χ4v) is 2.22. The molecule has 0 fully saturated rings. The maximum absolute atomic E-state index is 6.05. The molecular weight excluding hydrogens is 246 g/mol. The molecule has 0 bridgehead atoms. The summed E-state index contributed by atoms with van der Waals surface area (Å²) in [7, 11) is 0. The predicted octanol–water partition coefficient (Wildman–Crippen LogP) is 4.73. The topological polar surface area (TPSA) is 12.5 Å². The Labute approximate surface area is 111 Å². The summed E-state index contributed by atoms with van der Waals surface area (Å²) in [6.45, 7) is 1.94. The van der Waals surface area contributed by atoms with Crippen molar-refractivity contribution < 1.29 is 4.74 Å². The van der Waals surface area contributed by atoms with Crippen molar-refractivity contribution in [2.45, 2.75) is 6.92 Å². The van der Waals surface area contributed by atoms with Gasteiger partial charge in [0.25, 0.3) is 0 Å². The van der Waals surface area contributed by atoms with Crippen LogP contribution in [0.15, 0.2) is 60.5 Å². The minimum Gasteiger partial charge on any atom is -0.458 e. The van der Waals surface area contributed by atoms with Gasteiger partial charge in [-0.25, -0.2) is 0 Å². The van der Waals surface area contributed by atoms with Crippen LogP contribution in [0.25, 0.3) is 0 Å². The molecule has 2 aromatic carbocycles. The highest BCUT2D eigenvalue weighted by atomic mass is 35.5. The molecule has 0 aliphatic carbocycles. The fourth-order valence-electron chi connectivity index (χ4n) is 2.03. The number of para-hydroxylation sites is 2. The summed E-state index contributed by atoms with van der Waals surface area (Å²) in [5.74, 6) is 1.71. The quantitative estimate of drug-likeness (QED) is 0.732. The van der Waals surface area contributed by atoms with Gasteiger partial charge in [-0.3, -0.25) is 0 Å². The summed E-state index contributed by atoms with van der Waals surface area (Å²) in [5.41, 5.74) is 2.04. The van der Waals surface area contributed by atoms with Crippen LogP contribution in [-0.4, -0.2) is 0 Å². The van der Waals surface area contributed by atoms with E-state index < -0.39 is 0 Å². The molecular formula is C15H12ClNO. The molecule has 3 rings (SSSR count). The third-order valence-corrected chi connectivity index (χ3v) is 3.03. The summed E-state index contributed by atoms with van der Waals surface area (Å²) < 4.78 is 5.70. The van der Waals surface area contributed by atoms with Gasteiger partial charge in [-0.05, 0) is 37.3 Å². The Balaban J connectivity index is 2.13. The molecule has 1 aliphatic rings. The first-order valence-corrected chi connectivity index (χ1v) is 6.12. The molecule has 0 atom stereocenters. The number of nitrogens with zero attached hydrogens (tertiary/aromatic N) is 1. The Hall–Kier alpha value is -1.93. The van der Waals surface area contributed by atoms with E-state index in [1.165, 1.54) is 0 Å². The molecule has 2 aromatic rings. The third kappa shape index (κ3) is 1.95. The zero-order valence-corrected chi connectivity index (χ0v) is 10.7. The van der Waals surface area contributed by atoms with Crippen molar-refractivity contribution in [3.8, 4) is 5.75 Å². The maximum Gasteiger partial charge on any atom is 0.150 e. The van der Waals surface area contributed by atoms with Gasteiger partial charge >= 0.3 is 0 Å². The van der Waals surface area contributed by atoms with Crippen LogP contribution in [-0.2, 0) is 0 Å². The van der Waals surface area contributed by atoms with Crippen molar-refractivity contribution in [1.82, 2.24) is 0 Å². The van der Waals surface area contributed by atoms with Gasteiger partial charge in [0, 0.05) is 16.9 Å². The normalized spacial score (nSPS) is 13.7. The highest BCUT2D eigenvalue weighted by Crippen LogP contribution is 2.38. The molecule has 0 aromatic heterocycles. The van der Waals surface area contributed by atoms with E-state index in [0.717, 1.165) is 27.9 Å². The second-order valence-electron chi connectivity index (χ2n) is 4.16. The lowest BCUT2D eigenvalue weighted by Crippen LogP contribution is -2.16. The lowest BCUT2D eigenvalue weighted by Gasteiger charge is -2.28. The van der Waals surface area contributed by atoms with Crippen molar-refractivity contribution in [3.63, 3.8) is 0 Å². The average Bonchev–Trinajstić information content (AvgIpc) is 2.37. The van der Waals surface area contributed by atoms with Crippen molar-refractivity contribution in [2.75, 3.05) is 4.90 Å². The predicted molar refractivity (Wildman–Crippen MR) is 74.4 cm³/mol. The number of benzene rings is 2. The highest BCUT2D eigenvalue weighted by molar-refractivity contribution is 6.30. The van der Waals surface area contributed by atoms with E-state index in [0.29, 0.717) is 0 Å². The zero-order chi connectivity index (χ0) is 12.5. The second-order valence-corrected chi connectivity index (χ2v) is 4.60. The number of fused-ring (bicyclic) bond motifs is 1. The molecule has 90 valence electrons. The van der Waals surface area contributed by atoms with Crippen LogP contribution in [0.2, 0.25) is 5.02 Å². The van der Waals surface area contributed by atoms with Gasteiger partial charge in [0.2, 0.25) is 0 Å². The molecule has 3 heteroatoms. The Morgan fingerprint density at radius 3 is 2.72 bits per heavy atom. The summed E-state index contributed by atoms with van der Waals surface area (Å²) in [5, 5.41) is 0.725. The highest BCUT2D eigenvalue weighted by Gasteiger charge is 2.18. The third-order valence-electron chi connectivity index (χ3n) is 2.79. The van der Waals surface area contributed by atoms with Gasteiger partial charge in [0.1, 0.15) is 5.76 Å². The van der Waals surface area contributed by atoms with E-state index >= 15 is 0 Å². The van der Waals surface area contributed by atoms with E-state index in [1.807, 2.05) is 61.7 Å². The van der Waals surface area contributed by atoms with Gasteiger partial charge in [0.05, 0.1) is 5.69 Å². The largest absolute Gasteiger partial charge is 0.458 e. The first-order valence-electron chi connectivity index (χ1n) is 5.74. The van der Waals surface area contributed by atoms with Gasteiger partial charge in [-0.2, -0.15) is 0 Å². The number of halogens is 1. The number of hydrogen-bond acceptors (Lipinski definition) is 2. The number of ether oxygens (including phenoxy) is 1. The van der Waals surface area contributed by atoms with Crippen molar-refractivity contribution in [1.29, 1.82) is 0 Å². The van der Waals surface area contributed by atoms with Crippen LogP contribution < -0.4 is 9.64 Å². The van der Waals surface area contributed by atoms with Crippen molar-refractivity contribution in [2.24, 2.45) is 0 Å². The molecule has 0 amide bonds. The van der Waals surface area contributed by atoms with Crippen molar-refractivity contribution in [3.05, 3.63) is 65.5 Å². The molecule has 0 saturated heterocycles. The Kier molecular flexibility index (Phi) is 2.73. The van der Waals surface area contributed by atoms with Crippen molar-refractivity contribution >= 4 is 23.0 Å². The lowest BCUT2D eigenvalue weighted by atomic mass is 10.2. The van der Waals surface area contributed by atoms with E-state index in [9.17, 15) is 0 Å². The number of hydrogen-bond donors (Lipinski definition) is 0. The average molecular weight is 258 g/mol. The number of anilines is 2. The SMILES string of the molecule is CC1=CN(c2cccc(Cl)c2)c2ccccc2O1. The monoisotopic (exact) mass is 257 g/mol. The van der Waals surface area contributed by atoms with E-state index in [-0.39, 0.29) is 0 Å². The van der Waals surface area contributed by atoms with Crippen LogP contribution >= 0.6 is 11.6 Å². The first-order chi connectivity index (χ1) is 8.74. The Morgan fingerprint density at radius 2 is 1.89 bits per heavy atom. The minimum atomic E-state index is 0.725. The van der Waals surface area contributed by atoms with Crippen LogP contribution in [0.1, 0.15) is 6.92 Å². The molecule has 2 nitrogen and oxygen atoms in total. The summed E-state index contributed by atoms with van der Waals surface area (Å²) in [6, 6.07) is 15.7. The summed E-state index contributed by atoms with van der Waals surface area (Å²) in [6.07, 6.45) is 1.97. The van der Waals surface area contributed by atoms with Gasteiger partial charge in [0.15, 0.2) is 5.75 Å². The van der Waals surface area contributed by atoms with Gasteiger partial charge in [-0.15, -0.1) is 0 Å². The number of allylic oxidation sites excluding steroid dienone is 1. The summed E-state index contributed by atoms with van der Waals surface area (Å²) >= 11 is 6.05.